The Morgan fingerprint density at radius 3 is 2.58 bits per heavy atom. The highest BCUT2D eigenvalue weighted by atomic mass is 19.4. The lowest BCUT2D eigenvalue weighted by atomic mass is 9.95. The van der Waals surface area contributed by atoms with Gasteiger partial charge in [0.1, 0.15) is 18.1 Å². The van der Waals surface area contributed by atoms with Gasteiger partial charge in [0.2, 0.25) is 0 Å². The third kappa shape index (κ3) is 5.11. The fourth-order valence-electron chi connectivity index (χ4n) is 4.54. The van der Waals surface area contributed by atoms with E-state index < -0.39 is 11.7 Å². The molecule has 1 unspecified atom stereocenters. The molecule has 8 heteroatoms. The van der Waals surface area contributed by atoms with Gasteiger partial charge in [-0.05, 0) is 67.6 Å². The molecule has 178 valence electrons. The lowest BCUT2D eigenvalue weighted by molar-refractivity contribution is -0.152. The third-order valence-corrected chi connectivity index (χ3v) is 6.16. The number of aryl methyl sites for hydroxylation is 1. The number of carbonyl (C=O) groups excluding carboxylic acids is 1. The highest BCUT2D eigenvalue weighted by molar-refractivity contribution is 5.73. The number of ether oxygens (including phenoxy) is 3. The third-order valence-electron chi connectivity index (χ3n) is 6.16. The lowest BCUT2D eigenvalue weighted by Gasteiger charge is -2.41. The summed E-state index contributed by atoms with van der Waals surface area (Å²) in [6, 6.07) is 10.2. The smallest absolute Gasteiger partial charge is 0.419 e. The van der Waals surface area contributed by atoms with Crippen LogP contribution in [0.3, 0.4) is 0 Å². The standard InChI is InChI=1S/C25H28F3NO4/c1-15(2)33-23-9-4-16(10-21(23)25(26,27)28)14-32-19-6-7-20-17(11-19)5-8-22(20)29-12-18(13-29)24(30)31-3/h4,6-7,9-11,15,18,22H,5,8,12-14H2,1-3H3. The van der Waals surface area contributed by atoms with Crippen LogP contribution in [0.2, 0.25) is 0 Å². The van der Waals surface area contributed by atoms with Crippen LogP contribution in [0.4, 0.5) is 13.2 Å². The van der Waals surface area contributed by atoms with E-state index in [1.54, 1.807) is 19.9 Å². The molecule has 0 spiro atoms. The molecule has 0 bridgehead atoms. The number of rotatable bonds is 7. The summed E-state index contributed by atoms with van der Waals surface area (Å²) in [5, 5.41) is 0. The molecule has 0 N–H and O–H groups in total. The van der Waals surface area contributed by atoms with Crippen molar-refractivity contribution in [2.24, 2.45) is 5.92 Å². The van der Waals surface area contributed by atoms with Crippen LogP contribution >= 0.6 is 0 Å². The summed E-state index contributed by atoms with van der Waals surface area (Å²) in [6.07, 6.45) is -2.99. The Morgan fingerprint density at radius 1 is 1.15 bits per heavy atom. The zero-order valence-electron chi connectivity index (χ0n) is 18.9. The van der Waals surface area contributed by atoms with Gasteiger partial charge in [-0.2, -0.15) is 13.2 Å². The van der Waals surface area contributed by atoms with Crippen LogP contribution in [0.5, 0.6) is 11.5 Å². The minimum Gasteiger partial charge on any atom is -0.490 e. The van der Waals surface area contributed by atoms with Crippen LogP contribution in [0, 0.1) is 5.92 Å². The Balaban J connectivity index is 1.41. The average Bonchev–Trinajstić information content (AvgIpc) is 3.13. The monoisotopic (exact) mass is 463 g/mol. The molecule has 2 aromatic carbocycles. The molecule has 1 aliphatic carbocycles. The fourth-order valence-corrected chi connectivity index (χ4v) is 4.54. The topological polar surface area (TPSA) is 48.0 Å². The maximum Gasteiger partial charge on any atom is 0.419 e. The highest BCUT2D eigenvalue weighted by Gasteiger charge is 2.40. The van der Waals surface area contributed by atoms with Crippen molar-refractivity contribution in [2.45, 2.75) is 51.6 Å². The number of hydrogen-bond acceptors (Lipinski definition) is 5. The number of benzene rings is 2. The first-order valence-corrected chi connectivity index (χ1v) is 11.1. The van der Waals surface area contributed by atoms with Crippen LogP contribution in [-0.4, -0.2) is 37.2 Å². The van der Waals surface area contributed by atoms with Crippen molar-refractivity contribution in [1.29, 1.82) is 0 Å². The molecular formula is C25H28F3NO4. The van der Waals surface area contributed by atoms with E-state index in [1.807, 2.05) is 18.2 Å². The number of likely N-dealkylation sites (tertiary alicyclic amines) is 1. The summed E-state index contributed by atoms with van der Waals surface area (Å²) in [5.74, 6) is 0.234. The van der Waals surface area contributed by atoms with Crippen LogP contribution in [0.25, 0.3) is 0 Å². The quantitative estimate of drug-likeness (QED) is 0.531. The zero-order chi connectivity index (χ0) is 23.8. The Hall–Kier alpha value is -2.74. The van der Waals surface area contributed by atoms with Gasteiger partial charge in [-0.3, -0.25) is 9.69 Å². The van der Waals surface area contributed by atoms with Crippen LogP contribution in [0.15, 0.2) is 36.4 Å². The number of alkyl halides is 3. The summed E-state index contributed by atoms with van der Waals surface area (Å²) in [4.78, 5) is 13.9. The predicted molar refractivity (Wildman–Crippen MR) is 116 cm³/mol. The van der Waals surface area contributed by atoms with Gasteiger partial charge >= 0.3 is 12.1 Å². The second kappa shape index (κ2) is 9.25. The molecule has 0 amide bonds. The van der Waals surface area contributed by atoms with Crippen LogP contribution in [0.1, 0.15) is 48.6 Å². The van der Waals surface area contributed by atoms with Crippen molar-refractivity contribution in [3.05, 3.63) is 58.7 Å². The van der Waals surface area contributed by atoms with Gasteiger partial charge in [0.05, 0.1) is 24.7 Å². The second-order valence-corrected chi connectivity index (χ2v) is 8.87. The second-order valence-electron chi connectivity index (χ2n) is 8.87. The predicted octanol–water partition coefficient (Wildman–Crippen LogP) is 5.16. The number of fused-ring (bicyclic) bond motifs is 1. The van der Waals surface area contributed by atoms with Gasteiger partial charge in [-0.25, -0.2) is 0 Å². The summed E-state index contributed by atoms with van der Waals surface area (Å²) >= 11 is 0. The molecular weight excluding hydrogens is 435 g/mol. The molecule has 1 fully saturated rings. The van der Waals surface area contributed by atoms with Gasteiger partial charge < -0.3 is 14.2 Å². The van der Waals surface area contributed by atoms with Crippen molar-refractivity contribution in [3.8, 4) is 11.5 Å². The number of nitrogens with zero attached hydrogens (tertiary/aromatic N) is 1. The van der Waals surface area contributed by atoms with E-state index in [9.17, 15) is 18.0 Å². The van der Waals surface area contributed by atoms with E-state index >= 15 is 0 Å². The Morgan fingerprint density at radius 2 is 1.91 bits per heavy atom. The van der Waals surface area contributed by atoms with E-state index in [4.69, 9.17) is 14.2 Å². The fraction of sp³-hybridized carbons (Fsp3) is 0.480. The first-order chi connectivity index (χ1) is 15.7. The Kier molecular flexibility index (Phi) is 6.56. The molecule has 5 nitrogen and oxygen atoms in total. The minimum absolute atomic E-state index is 0.0280. The van der Waals surface area contributed by atoms with Crippen molar-refractivity contribution in [3.63, 3.8) is 0 Å². The van der Waals surface area contributed by atoms with Gasteiger partial charge in [0.25, 0.3) is 0 Å². The molecule has 0 saturated carbocycles. The van der Waals surface area contributed by atoms with Crippen molar-refractivity contribution in [1.82, 2.24) is 4.90 Å². The Bertz CT molecular complexity index is 1020. The minimum atomic E-state index is -4.51. The van der Waals surface area contributed by atoms with Crippen LogP contribution in [-0.2, 0) is 28.7 Å². The maximum absolute atomic E-state index is 13.5. The molecule has 0 aromatic heterocycles. The summed E-state index contributed by atoms with van der Waals surface area (Å²) in [7, 11) is 1.41. The summed E-state index contributed by atoms with van der Waals surface area (Å²) < 4.78 is 56.4. The lowest BCUT2D eigenvalue weighted by Crippen LogP contribution is -2.51. The van der Waals surface area contributed by atoms with E-state index in [0.717, 1.165) is 18.9 Å². The normalized spacial score (nSPS) is 18.7. The number of hydrogen-bond donors (Lipinski definition) is 0. The molecule has 1 atom stereocenters. The molecule has 1 saturated heterocycles. The van der Waals surface area contributed by atoms with E-state index in [0.29, 0.717) is 24.4 Å². The maximum atomic E-state index is 13.5. The molecule has 4 rings (SSSR count). The molecule has 1 aliphatic heterocycles. The summed E-state index contributed by atoms with van der Waals surface area (Å²) in [6.45, 7) is 4.81. The van der Waals surface area contributed by atoms with Gasteiger partial charge in [-0.15, -0.1) is 0 Å². The van der Waals surface area contributed by atoms with Gasteiger partial charge in [0, 0.05) is 19.1 Å². The molecule has 2 aromatic rings. The van der Waals surface area contributed by atoms with E-state index in [1.165, 1.54) is 24.3 Å². The molecule has 1 heterocycles. The molecule has 0 radical (unpaired) electrons. The number of methoxy groups -OCH3 is 1. The van der Waals surface area contributed by atoms with E-state index in [2.05, 4.69) is 4.90 Å². The SMILES string of the molecule is COC(=O)C1CN(C2CCc3cc(OCc4ccc(OC(C)C)c(C(F)(F)F)c4)ccc32)C1. The molecule has 33 heavy (non-hydrogen) atoms. The number of esters is 1. The zero-order valence-corrected chi connectivity index (χ0v) is 18.9. The van der Waals surface area contributed by atoms with Crippen molar-refractivity contribution in [2.75, 3.05) is 20.2 Å². The first kappa shape index (κ1) is 23.4. The largest absolute Gasteiger partial charge is 0.490 e. The van der Waals surface area contributed by atoms with Crippen molar-refractivity contribution < 1.29 is 32.2 Å². The Labute approximate surface area is 191 Å². The number of carbonyl (C=O) groups is 1. The average molecular weight is 463 g/mol. The van der Waals surface area contributed by atoms with Crippen molar-refractivity contribution >= 4 is 5.97 Å². The molecule has 2 aliphatic rings. The van der Waals surface area contributed by atoms with E-state index in [-0.39, 0.29) is 36.4 Å². The van der Waals surface area contributed by atoms with Crippen LogP contribution < -0.4 is 9.47 Å². The number of halogens is 3. The highest BCUT2D eigenvalue weighted by Crippen LogP contribution is 2.41. The van der Waals surface area contributed by atoms with Gasteiger partial charge in [0.15, 0.2) is 0 Å². The van der Waals surface area contributed by atoms with Gasteiger partial charge in [-0.1, -0.05) is 12.1 Å². The first-order valence-electron chi connectivity index (χ1n) is 11.1. The summed E-state index contributed by atoms with van der Waals surface area (Å²) in [5.41, 5.74) is 2.02.